The van der Waals surface area contributed by atoms with E-state index in [1.54, 1.807) is 0 Å². The average molecular weight is 218 g/mol. The first kappa shape index (κ1) is 11.7. The highest BCUT2D eigenvalue weighted by Gasteiger charge is 2.39. The number of hydrogen-bond acceptors (Lipinski definition) is 1. The van der Waals surface area contributed by atoms with Crippen molar-refractivity contribution < 1.29 is 5.11 Å². The lowest BCUT2D eigenvalue weighted by Crippen LogP contribution is -2.01. The molecule has 1 N–H and O–H groups in total. The van der Waals surface area contributed by atoms with Crippen molar-refractivity contribution in [3.05, 3.63) is 35.4 Å². The third-order valence-electron chi connectivity index (χ3n) is 4.04. The van der Waals surface area contributed by atoms with Gasteiger partial charge in [-0.15, -0.1) is 0 Å². The molecule has 0 spiro atoms. The molecule has 0 heterocycles. The van der Waals surface area contributed by atoms with Gasteiger partial charge < -0.3 is 5.11 Å². The normalized spacial score (nSPS) is 27.5. The van der Waals surface area contributed by atoms with Crippen LogP contribution in [0.25, 0.3) is 0 Å². The first-order valence-electron chi connectivity index (χ1n) is 6.41. The van der Waals surface area contributed by atoms with Crippen LogP contribution in [0.5, 0.6) is 0 Å². The van der Waals surface area contributed by atoms with E-state index in [0.29, 0.717) is 17.8 Å². The highest BCUT2D eigenvalue weighted by molar-refractivity contribution is 5.27. The topological polar surface area (TPSA) is 20.2 Å². The van der Waals surface area contributed by atoms with Crippen molar-refractivity contribution in [2.24, 2.45) is 11.8 Å². The Kier molecular flexibility index (Phi) is 3.34. The molecule has 0 radical (unpaired) electrons. The molecular weight excluding hydrogens is 196 g/mol. The highest BCUT2D eigenvalue weighted by Crippen LogP contribution is 2.46. The lowest BCUT2D eigenvalue weighted by atomic mass is 9.95. The van der Waals surface area contributed by atoms with Crippen LogP contribution in [0, 0.1) is 11.8 Å². The van der Waals surface area contributed by atoms with Gasteiger partial charge in [-0.3, -0.25) is 0 Å². The van der Waals surface area contributed by atoms with E-state index < -0.39 is 0 Å². The summed E-state index contributed by atoms with van der Waals surface area (Å²) >= 11 is 0. The Bertz CT molecular complexity index is 341. The predicted molar refractivity (Wildman–Crippen MR) is 67.4 cm³/mol. The van der Waals surface area contributed by atoms with Crippen LogP contribution in [0.3, 0.4) is 0 Å². The van der Waals surface area contributed by atoms with Crippen LogP contribution in [0.1, 0.15) is 56.8 Å². The Balaban J connectivity index is 2.07. The molecule has 0 bridgehead atoms. The van der Waals surface area contributed by atoms with Gasteiger partial charge in [-0.05, 0) is 41.7 Å². The van der Waals surface area contributed by atoms with Crippen LogP contribution in [0.2, 0.25) is 0 Å². The van der Waals surface area contributed by atoms with Gasteiger partial charge in [0.25, 0.3) is 0 Å². The summed E-state index contributed by atoms with van der Waals surface area (Å²) in [5.74, 6) is 1.81. The number of hydrogen-bond donors (Lipinski definition) is 1. The summed E-state index contributed by atoms with van der Waals surface area (Å²) in [5.41, 5.74) is 2.46. The minimum Gasteiger partial charge on any atom is -0.388 e. The maximum absolute atomic E-state index is 10.1. The van der Waals surface area contributed by atoms with Crippen LogP contribution in [0.15, 0.2) is 24.3 Å². The molecule has 2 rings (SSSR count). The van der Waals surface area contributed by atoms with Gasteiger partial charge in [-0.25, -0.2) is 0 Å². The summed E-state index contributed by atoms with van der Waals surface area (Å²) in [4.78, 5) is 0. The fourth-order valence-electron chi connectivity index (χ4n) is 2.30. The van der Waals surface area contributed by atoms with E-state index in [1.165, 1.54) is 18.4 Å². The largest absolute Gasteiger partial charge is 0.388 e. The van der Waals surface area contributed by atoms with Crippen LogP contribution < -0.4 is 0 Å². The molecule has 16 heavy (non-hydrogen) atoms. The lowest BCUT2D eigenvalue weighted by Gasteiger charge is -2.13. The van der Waals surface area contributed by atoms with Crippen molar-refractivity contribution in [3.8, 4) is 0 Å². The molecule has 1 aliphatic rings. The van der Waals surface area contributed by atoms with E-state index in [-0.39, 0.29) is 6.10 Å². The first-order chi connectivity index (χ1) is 7.63. The Hall–Kier alpha value is -0.820. The van der Waals surface area contributed by atoms with Crippen molar-refractivity contribution in [2.45, 2.75) is 45.6 Å². The zero-order valence-corrected chi connectivity index (χ0v) is 10.5. The van der Waals surface area contributed by atoms with Crippen LogP contribution in [0.4, 0.5) is 0 Å². The molecule has 1 aromatic rings. The molecule has 0 aromatic heterocycles. The molecule has 1 aliphatic carbocycles. The monoisotopic (exact) mass is 218 g/mol. The van der Waals surface area contributed by atoms with Gasteiger partial charge in [-0.2, -0.15) is 0 Å². The summed E-state index contributed by atoms with van der Waals surface area (Å²) in [7, 11) is 0. The van der Waals surface area contributed by atoms with Gasteiger partial charge in [0, 0.05) is 0 Å². The summed E-state index contributed by atoms with van der Waals surface area (Å²) in [6, 6.07) is 8.52. The Morgan fingerprint density at radius 2 is 1.75 bits per heavy atom. The third-order valence-corrected chi connectivity index (χ3v) is 4.04. The quantitative estimate of drug-likeness (QED) is 0.813. The average Bonchev–Trinajstić information content (AvgIpc) is 3.04. The molecule has 0 amide bonds. The zero-order chi connectivity index (χ0) is 11.7. The van der Waals surface area contributed by atoms with E-state index in [4.69, 9.17) is 0 Å². The van der Waals surface area contributed by atoms with Crippen molar-refractivity contribution in [3.63, 3.8) is 0 Å². The molecule has 4 unspecified atom stereocenters. The number of aliphatic hydroxyl groups is 1. The molecule has 1 aromatic carbocycles. The van der Waals surface area contributed by atoms with E-state index in [1.807, 2.05) is 0 Å². The Morgan fingerprint density at radius 3 is 2.19 bits per heavy atom. The summed E-state index contributed by atoms with van der Waals surface area (Å²) < 4.78 is 0. The van der Waals surface area contributed by atoms with Crippen molar-refractivity contribution in [1.82, 2.24) is 0 Å². The first-order valence-corrected chi connectivity index (χ1v) is 6.41. The van der Waals surface area contributed by atoms with E-state index >= 15 is 0 Å². The number of benzene rings is 1. The minimum absolute atomic E-state index is 0.249. The molecule has 1 fully saturated rings. The van der Waals surface area contributed by atoms with Crippen molar-refractivity contribution >= 4 is 0 Å². The molecule has 4 atom stereocenters. The van der Waals surface area contributed by atoms with Gasteiger partial charge in [-0.1, -0.05) is 45.0 Å². The van der Waals surface area contributed by atoms with E-state index in [2.05, 4.69) is 45.0 Å². The second-order valence-electron chi connectivity index (χ2n) is 5.30. The summed E-state index contributed by atoms with van der Waals surface area (Å²) in [6.07, 6.45) is 2.09. The van der Waals surface area contributed by atoms with Gasteiger partial charge in [0.2, 0.25) is 0 Å². The van der Waals surface area contributed by atoms with Crippen LogP contribution in [-0.2, 0) is 0 Å². The van der Waals surface area contributed by atoms with Crippen molar-refractivity contribution in [1.29, 1.82) is 0 Å². The zero-order valence-electron chi connectivity index (χ0n) is 10.5. The van der Waals surface area contributed by atoms with Crippen LogP contribution >= 0.6 is 0 Å². The second-order valence-corrected chi connectivity index (χ2v) is 5.30. The molecular formula is C15H22O. The van der Waals surface area contributed by atoms with Crippen LogP contribution in [-0.4, -0.2) is 5.11 Å². The highest BCUT2D eigenvalue weighted by atomic mass is 16.3. The molecule has 0 saturated heterocycles. The maximum Gasteiger partial charge on any atom is 0.0820 e. The molecule has 1 nitrogen and oxygen atoms in total. The maximum atomic E-state index is 10.1. The Labute approximate surface area is 98.5 Å². The smallest absolute Gasteiger partial charge is 0.0820 e. The fraction of sp³-hybridized carbons (Fsp3) is 0.600. The van der Waals surface area contributed by atoms with E-state index in [0.717, 1.165) is 5.56 Å². The van der Waals surface area contributed by atoms with Gasteiger partial charge in [0.15, 0.2) is 0 Å². The van der Waals surface area contributed by atoms with Gasteiger partial charge in [0.05, 0.1) is 6.10 Å². The SMILES string of the molecule is CCC(C)c1ccc(C(O)C2CC2C)cc1. The molecule has 1 saturated carbocycles. The summed E-state index contributed by atoms with van der Waals surface area (Å²) in [6.45, 7) is 6.66. The van der Waals surface area contributed by atoms with Gasteiger partial charge >= 0.3 is 0 Å². The standard InChI is InChI=1S/C15H22O/c1-4-10(2)12-5-7-13(8-6-12)15(16)14-9-11(14)3/h5-8,10-11,14-16H,4,9H2,1-3H3. The van der Waals surface area contributed by atoms with Gasteiger partial charge in [0.1, 0.15) is 0 Å². The summed E-state index contributed by atoms with van der Waals surface area (Å²) in [5, 5.41) is 10.1. The Morgan fingerprint density at radius 1 is 1.25 bits per heavy atom. The number of aliphatic hydroxyl groups excluding tert-OH is 1. The van der Waals surface area contributed by atoms with Crippen molar-refractivity contribution in [2.75, 3.05) is 0 Å². The fourth-order valence-corrected chi connectivity index (χ4v) is 2.30. The molecule has 1 heteroatoms. The third kappa shape index (κ3) is 2.30. The van der Waals surface area contributed by atoms with E-state index in [9.17, 15) is 5.11 Å². The lowest BCUT2D eigenvalue weighted by molar-refractivity contribution is 0.148. The molecule has 0 aliphatic heterocycles. The minimum atomic E-state index is -0.249. The second kappa shape index (κ2) is 4.58. The number of rotatable bonds is 4. The predicted octanol–water partition coefficient (Wildman–Crippen LogP) is 3.89. The molecule has 88 valence electrons.